The van der Waals surface area contributed by atoms with Crippen LogP contribution in [0.25, 0.3) is 0 Å². The summed E-state index contributed by atoms with van der Waals surface area (Å²) in [7, 11) is -4.28. The Labute approximate surface area is 279 Å². The fourth-order valence-corrected chi connectivity index (χ4v) is 6.59. The van der Waals surface area contributed by atoms with Gasteiger partial charge >= 0.3 is 0 Å². The smallest absolute Gasteiger partial charge is 0.264 e. The van der Waals surface area contributed by atoms with Crippen LogP contribution in [-0.2, 0) is 32.6 Å². The van der Waals surface area contributed by atoms with E-state index in [2.05, 4.69) is 5.32 Å². The summed E-state index contributed by atoms with van der Waals surface area (Å²) in [4.78, 5) is 29.6. The van der Waals surface area contributed by atoms with Crippen molar-refractivity contribution in [2.45, 2.75) is 37.8 Å². The van der Waals surface area contributed by atoms with E-state index >= 15 is 0 Å². The molecule has 0 aliphatic heterocycles. The molecule has 45 heavy (non-hydrogen) atoms. The van der Waals surface area contributed by atoms with Crippen molar-refractivity contribution in [1.29, 1.82) is 0 Å². The topological polar surface area (TPSA) is 86.8 Å². The van der Waals surface area contributed by atoms with E-state index in [9.17, 15) is 18.0 Å². The van der Waals surface area contributed by atoms with Crippen molar-refractivity contribution in [1.82, 2.24) is 10.2 Å². The van der Waals surface area contributed by atoms with Crippen molar-refractivity contribution in [2.24, 2.45) is 5.92 Å². The summed E-state index contributed by atoms with van der Waals surface area (Å²) in [5.74, 6) is -0.794. The van der Waals surface area contributed by atoms with Crippen molar-refractivity contribution in [2.75, 3.05) is 17.4 Å². The third-order valence-corrected chi connectivity index (χ3v) is 9.67. The summed E-state index contributed by atoms with van der Waals surface area (Å²) >= 11 is 18.8. The minimum atomic E-state index is -4.28. The number of nitrogens with zero attached hydrogens (tertiary/aromatic N) is 2. The molecule has 0 spiro atoms. The Morgan fingerprint density at radius 1 is 0.800 bits per heavy atom. The van der Waals surface area contributed by atoms with E-state index < -0.39 is 28.5 Å². The summed E-state index contributed by atoms with van der Waals surface area (Å²) in [6, 6.07) is 27.3. The van der Waals surface area contributed by atoms with Crippen molar-refractivity contribution in [3.05, 3.63) is 129 Å². The predicted molar refractivity (Wildman–Crippen MR) is 181 cm³/mol. The molecule has 4 aromatic carbocycles. The molecule has 0 aliphatic rings. The van der Waals surface area contributed by atoms with Crippen LogP contribution in [0, 0.1) is 5.92 Å². The zero-order valence-electron chi connectivity index (χ0n) is 24.9. The first-order valence-corrected chi connectivity index (χ1v) is 16.9. The minimum absolute atomic E-state index is 0.0323. The first-order valence-electron chi connectivity index (χ1n) is 14.3. The fraction of sp³-hybridized carbons (Fsp3) is 0.235. The number of hydrogen-bond donors (Lipinski definition) is 1. The van der Waals surface area contributed by atoms with Gasteiger partial charge < -0.3 is 10.2 Å². The maximum Gasteiger partial charge on any atom is 0.264 e. The molecule has 2 amide bonds. The third-order valence-electron chi connectivity index (χ3n) is 7.03. The zero-order chi connectivity index (χ0) is 32.6. The van der Waals surface area contributed by atoms with Crippen LogP contribution >= 0.6 is 34.8 Å². The number of rotatable bonds is 13. The summed E-state index contributed by atoms with van der Waals surface area (Å²) in [6.07, 6.45) is 0.196. The predicted octanol–water partition coefficient (Wildman–Crippen LogP) is 7.25. The number of halogens is 3. The van der Waals surface area contributed by atoms with Gasteiger partial charge in [-0.1, -0.05) is 103 Å². The molecule has 0 aliphatic carbocycles. The summed E-state index contributed by atoms with van der Waals surface area (Å²) < 4.78 is 29.1. The number of sulfonamides is 1. The van der Waals surface area contributed by atoms with Crippen LogP contribution in [0.5, 0.6) is 0 Å². The van der Waals surface area contributed by atoms with E-state index in [0.717, 1.165) is 9.87 Å². The van der Waals surface area contributed by atoms with Gasteiger partial charge in [0.15, 0.2) is 0 Å². The molecule has 4 aromatic rings. The summed E-state index contributed by atoms with van der Waals surface area (Å²) in [5, 5.41) is 4.03. The summed E-state index contributed by atoms with van der Waals surface area (Å²) in [6.45, 7) is 3.71. The SMILES string of the molecule is CC(C)CNC(=O)[C@H](Cc1ccccc1)N(Cc1ccccc1Cl)C(=O)CN(c1cccc(Cl)c1)S(=O)(=O)c1ccc(Cl)cc1. The van der Waals surface area contributed by atoms with Crippen LogP contribution in [0.15, 0.2) is 108 Å². The van der Waals surface area contributed by atoms with Gasteiger partial charge in [0.1, 0.15) is 12.6 Å². The molecule has 4 rings (SSSR count). The molecule has 1 atom stereocenters. The maximum atomic E-state index is 14.5. The molecule has 0 radical (unpaired) electrons. The fourth-order valence-electron chi connectivity index (χ4n) is 4.68. The molecule has 1 N–H and O–H groups in total. The Balaban J connectivity index is 1.81. The van der Waals surface area contributed by atoms with E-state index in [0.29, 0.717) is 27.2 Å². The van der Waals surface area contributed by atoms with E-state index in [1.165, 1.54) is 35.2 Å². The Morgan fingerprint density at radius 3 is 2.11 bits per heavy atom. The summed E-state index contributed by atoms with van der Waals surface area (Å²) in [5.41, 5.74) is 1.63. The van der Waals surface area contributed by atoms with Crippen LogP contribution in [0.1, 0.15) is 25.0 Å². The Kier molecular flexibility index (Phi) is 11.9. The van der Waals surface area contributed by atoms with Gasteiger partial charge in [-0.25, -0.2) is 8.42 Å². The number of hydrogen-bond acceptors (Lipinski definition) is 4. The quantitative estimate of drug-likeness (QED) is 0.161. The van der Waals surface area contributed by atoms with Crippen LogP contribution < -0.4 is 9.62 Å². The molecule has 0 heterocycles. The van der Waals surface area contributed by atoms with Gasteiger partial charge in [0.25, 0.3) is 10.0 Å². The van der Waals surface area contributed by atoms with Gasteiger partial charge in [-0.3, -0.25) is 13.9 Å². The van der Waals surface area contributed by atoms with E-state index in [4.69, 9.17) is 34.8 Å². The van der Waals surface area contributed by atoms with Crippen molar-refractivity contribution < 1.29 is 18.0 Å². The van der Waals surface area contributed by atoms with E-state index in [1.807, 2.05) is 44.2 Å². The van der Waals surface area contributed by atoms with Crippen molar-refractivity contribution in [3.63, 3.8) is 0 Å². The molecular formula is C34H34Cl3N3O4S. The van der Waals surface area contributed by atoms with Gasteiger partial charge in [0, 0.05) is 34.6 Å². The molecular weight excluding hydrogens is 653 g/mol. The number of benzene rings is 4. The minimum Gasteiger partial charge on any atom is -0.354 e. The Hall–Kier alpha value is -3.56. The lowest BCUT2D eigenvalue weighted by Crippen LogP contribution is -2.53. The van der Waals surface area contributed by atoms with Crippen LogP contribution in [0.4, 0.5) is 5.69 Å². The second-order valence-corrected chi connectivity index (χ2v) is 14.0. The maximum absolute atomic E-state index is 14.5. The number of carbonyl (C=O) groups excluding carboxylic acids is 2. The average molecular weight is 687 g/mol. The lowest BCUT2D eigenvalue weighted by molar-refractivity contribution is -0.140. The molecule has 236 valence electrons. The first-order chi connectivity index (χ1) is 21.5. The molecule has 7 nitrogen and oxygen atoms in total. The van der Waals surface area contributed by atoms with Gasteiger partial charge in [-0.15, -0.1) is 0 Å². The molecule has 0 unspecified atom stereocenters. The average Bonchev–Trinajstić information content (AvgIpc) is 3.01. The van der Waals surface area contributed by atoms with Gasteiger partial charge in [-0.05, 0) is 65.6 Å². The molecule has 11 heteroatoms. The van der Waals surface area contributed by atoms with Gasteiger partial charge in [0.05, 0.1) is 10.6 Å². The third kappa shape index (κ3) is 9.23. The number of nitrogens with one attached hydrogen (secondary N) is 1. The molecule has 0 bridgehead atoms. The highest BCUT2D eigenvalue weighted by Crippen LogP contribution is 2.28. The number of amides is 2. The number of carbonyl (C=O) groups is 2. The number of anilines is 1. The second kappa shape index (κ2) is 15.6. The zero-order valence-corrected chi connectivity index (χ0v) is 28.0. The van der Waals surface area contributed by atoms with Crippen molar-refractivity contribution >= 4 is 62.3 Å². The molecule has 0 saturated heterocycles. The lowest BCUT2D eigenvalue weighted by atomic mass is 10.0. The largest absolute Gasteiger partial charge is 0.354 e. The Bertz CT molecular complexity index is 1720. The highest BCUT2D eigenvalue weighted by atomic mass is 35.5. The van der Waals surface area contributed by atoms with E-state index in [-0.39, 0.29) is 35.4 Å². The lowest BCUT2D eigenvalue weighted by Gasteiger charge is -2.34. The van der Waals surface area contributed by atoms with E-state index in [1.54, 1.807) is 42.5 Å². The van der Waals surface area contributed by atoms with Crippen LogP contribution in [0.3, 0.4) is 0 Å². The van der Waals surface area contributed by atoms with Crippen LogP contribution in [0.2, 0.25) is 15.1 Å². The Morgan fingerprint density at radius 2 is 1.47 bits per heavy atom. The van der Waals surface area contributed by atoms with Crippen LogP contribution in [-0.4, -0.2) is 44.3 Å². The van der Waals surface area contributed by atoms with Gasteiger partial charge in [-0.2, -0.15) is 0 Å². The van der Waals surface area contributed by atoms with Crippen molar-refractivity contribution in [3.8, 4) is 0 Å². The van der Waals surface area contributed by atoms with Gasteiger partial charge in [0.2, 0.25) is 11.8 Å². The normalized spacial score (nSPS) is 12.0. The first kappa shape index (κ1) is 34.3. The monoisotopic (exact) mass is 685 g/mol. The molecule has 0 fully saturated rings. The second-order valence-electron chi connectivity index (χ2n) is 10.9. The molecule has 0 saturated carbocycles. The highest BCUT2D eigenvalue weighted by molar-refractivity contribution is 7.92. The standard InChI is InChI=1S/C34H34Cl3N3O4S/c1-24(2)21-38-34(42)32(19-25-9-4-3-5-10-25)39(22-26-11-6-7-14-31(26)37)33(41)23-40(29-13-8-12-28(36)20-29)45(43,44)30-17-15-27(35)16-18-30/h3-18,20,24,32H,19,21-23H2,1-2H3,(H,38,42)/t32-/m0/s1. The highest BCUT2D eigenvalue weighted by Gasteiger charge is 2.35. The molecule has 0 aromatic heterocycles.